The molecule has 3 N–H and O–H groups in total. The fourth-order valence-corrected chi connectivity index (χ4v) is 1.73. The van der Waals surface area contributed by atoms with Crippen molar-refractivity contribution in [1.82, 2.24) is 10.3 Å². The van der Waals surface area contributed by atoms with Gasteiger partial charge in [-0.1, -0.05) is 0 Å². The Morgan fingerprint density at radius 2 is 2.50 bits per heavy atom. The van der Waals surface area contributed by atoms with Crippen LogP contribution in [-0.4, -0.2) is 22.7 Å². The third kappa shape index (κ3) is 1.38. The van der Waals surface area contributed by atoms with E-state index in [1.807, 2.05) is 18.3 Å². The summed E-state index contributed by atoms with van der Waals surface area (Å²) in [5, 5.41) is 13.1. The smallest absolute Gasteiger partial charge is 0.109 e. The van der Waals surface area contributed by atoms with Gasteiger partial charge in [-0.05, 0) is 31.5 Å². The van der Waals surface area contributed by atoms with Crippen LogP contribution in [0.4, 0.5) is 0 Å². The molecule has 1 aromatic rings. The highest BCUT2D eigenvalue weighted by Crippen LogP contribution is 2.20. The van der Waals surface area contributed by atoms with Gasteiger partial charge in [0.1, 0.15) is 6.10 Å². The lowest BCUT2D eigenvalue weighted by Gasteiger charge is -2.16. The van der Waals surface area contributed by atoms with Crippen LogP contribution in [0, 0.1) is 0 Å². The summed E-state index contributed by atoms with van der Waals surface area (Å²) < 4.78 is 0. The molecule has 3 nitrogen and oxygen atoms in total. The van der Waals surface area contributed by atoms with Crippen LogP contribution >= 0.6 is 0 Å². The first-order chi connectivity index (χ1) is 5.88. The molecule has 1 aromatic heterocycles. The summed E-state index contributed by atoms with van der Waals surface area (Å²) in [5.41, 5.74) is 0.911. The van der Waals surface area contributed by atoms with Crippen molar-refractivity contribution in [2.45, 2.75) is 25.0 Å². The van der Waals surface area contributed by atoms with E-state index in [1.54, 1.807) is 0 Å². The van der Waals surface area contributed by atoms with Crippen LogP contribution in [-0.2, 0) is 0 Å². The van der Waals surface area contributed by atoms with Gasteiger partial charge in [0, 0.05) is 17.9 Å². The van der Waals surface area contributed by atoms with Crippen molar-refractivity contribution >= 4 is 0 Å². The molecule has 12 heavy (non-hydrogen) atoms. The summed E-state index contributed by atoms with van der Waals surface area (Å²) >= 11 is 0. The largest absolute Gasteiger partial charge is 0.385 e. The molecule has 0 radical (unpaired) electrons. The fourth-order valence-electron chi connectivity index (χ4n) is 1.73. The normalized spacial score (nSPS) is 25.9. The number of rotatable bonds is 2. The zero-order valence-electron chi connectivity index (χ0n) is 6.96. The van der Waals surface area contributed by atoms with Gasteiger partial charge in [0.2, 0.25) is 0 Å². The molecule has 0 aliphatic carbocycles. The number of aromatic nitrogens is 1. The first-order valence-corrected chi connectivity index (χ1v) is 4.42. The maximum atomic E-state index is 9.82. The summed E-state index contributed by atoms with van der Waals surface area (Å²) in [4.78, 5) is 3.02. The van der Waals surface area contributed by atoms with Gasteiger partial charge in [0.15, 0.2) is 0 Å². The van der Waals surface area contributed by atoms with Crippen molar-refractivity contribution < 1.29 is 5.11 Å². The maximum absolute atomic E-state index is 9.82. The molecule has 0 bridgehead atoms. The molecule has 1 saturated heterocycles. The average Bonchev–Trinajstić information content (AvgIpc) is 2.77. The average molecular weight is 166 g/mol. The van der Waals surface area contributed by atoms with Gasteiger partial charge in [-0.2, -0.15) is 0 Å². The van der Waals surface area contributed by atoms with E-state index in [1.165, 1.54) is 6.42 Å². The van der Waals surface area contributed by atoms with E-state index in [9.17, 15) is 5.11 Å². The van der Waals surface area contributed by atoms with Crippen LogP contribution in [0.25, 0.3) is 0 Å². The van der Waals surface area contributed by atoms with Crippen LogP contribution < -0.4 is 5.32 Å². The van der Waals surface area contributed by atoms with Crippen LogP contribution in [0.2, 0.25) is 0 Å². The number of hydrogen-bond donors (Lipinski definition) is 3. The van der Waals surface area contributed by atoms with Crippen molar-refractivity contribution in [3.05, 3.63) is 24.0 Å². The molecular weight excluding hydrogens is 152 g/mol. The second kappa shape index (κ2) is 3.29. The summed E-state index contributed by atoms with van der Waals surface area (Å²) in [6.07, 6.45) is 3.71. The zero-order chi connectivity index (χ0) is 8.39. The Bertz CT molecular complexity index is 227. The zero-order valence-corrected chi connectivity index (χ0v) is 6.96. The minimum absolute atomic E-state index is 0.239. The van der Waals surface area contributed by atoms with Crippen molar-refractivity contribution in [1.29, 1.82) is 0 Å². The molecular formula is C9H14N2O. The molecule has 2 heterocycles. The van der Waals surface area contributed by atoms with Crippen molar-refractivity contribution in [2.75, 3.05) is 6.54 Å². The quantitative estimate of drug-likeness (QED) is 0.608. The van der Waals surface area contributed by atoms with E-state index in [0.717, 1.165) is 18.7 Å². The fraction of sp³-hybridized carbons (Fsp3) is 0.556. The molecule has 0 saturated carbocycles. The highest BCUT2D eigenvalue weighted by Gasteiger charge is 2.23. The number of hydrogen-bond acceptors (Lipinski definition) is 2. The van der Waals surface area contributed by atoms with E-state index in [2.05, 4.69) is 10.3 Å². The van der Waals surface area contributed by atoms with E-state index in [-0.39, 0.29) is 12.1 Å². The van der Waals surface area contributed by atoms with Gasteiger partial charge in [0.05, 0.1) is 0 Å². The van der Waals surface area contributed by atoms with Crippen molar-refractivity contribution in [3.63, 3.8) is 0 Å². The Morgan fingerprint density at radius 1 is 1.58 bits per heavy atom. The Morgan fingerprint density at radius 3 is 3.08 bits per heavy atom. The monoisotopic (exact) mass is 166 g/mol. The summed E-state index contributed by atoms with van der Waals surface area (Å²) in [6, 6.07) is 4.07. The minimum Gasteiger partial charge on any atom is -0.385 e. The lowest BCUT2D eigenvalue weighted by molar-refractivity contribution is 0.133. The molecule has 2 atom stereocenters. The predicted molar refractivity (Wildman–Crippen MR) is 46.8 cm³/mol. The Labute approximate surface area is 71.8 Å². The van der Waals surface area contributed by atoms with Crippen LogP contribution in [0.1, 0.15) is 24.6 Å². The van der Waals surface area contributed by atoms with E-state index in [4.69, 9.17) is 0 Å². The van der Waals surface area contributed by atoms with Crippen LogP contribution in [0.5, 0.6) is 0 Å². The number of H-pyrrole nitrogens is 1. The van der Waals surface area contributed by atoms with Gasteiger partial charge < -0.3 is 15.4 Å². The molecule has 2 rings (SSSR count). The lowest BCUT2D eigenvalue weighted by atomic mass is 10.1. The Kier molecular flexibility index (Phi) is 2.15. The number of aliphatic hydroxyl groups excluding tert-OH is 1. The van der Waals surface area contributed by atoms with Gasteiger partial charge in [-0.3, -0.25) is 0 Å². The molecule has 1 aliphatic rings. The summed E-state index contributed by atoms with van der Waals surface area (Å²) in [6.45, 7) is 1.03. The third-order valence-electron chi connectivity index (χ3n) is 2.42. The number of nitrogens with one attached hydrogen (secondary N) is 2. The highest BCUT2D eigenvalue weighted by molar-refractivity contribution is 5.09. The van der Waals surface area contributed by atoms with Gasteiger partial charge >= 0.3 is 0 Å². The van der Waals surface area contributed by atoms with E-state index in [0.29, 0.717) is 0 Å². The van der Waals surface area contributed by atoms with Crippen molar-refractivity contribution in [2.24, 2.45) is 0 Å². The molecule has 1 aliphatic heterocycles. The summed E-state index contributed by atoms with van der Waals surface area (Å²) in [7, 11) is 0. The molecule has 0 aromatic carbocycles. The summed E-state index contributed by atoms with van der Waals surface area (Å²) in [5.74, 6) is 0. The van der Waals surface area contributed by atoms with Crippen LogP contribution in [0.3, 0.4) is 0 Å². The maximum Gasteiger partial charge on any atom is 0.109 e. The molecule has 3 heteroatoms. The van der Waals surface area contributed by atoms with Gasteiger partial charge in [-0.15, -0.1) is 0 Å². The molecule has 66 valence electrons. The second-order valence-electron chi connectivity index (χ2n) is 3.27. The SMILES string of the molecule is OC(c1ccc[nH]1)C1CCCN1. The molecule has 0 spiro atoms. The second-order valence-corrected chi connectivity index (χ2v) is 3.27. The Hall–Kier alpha value is -0.800. The minimum atomic E-state index is -0.373. The first-order valence-electron chi connectivity index (χ1n) is 4.42. The lowest BCUT2D eigenvalue weighted by Crippen LogP contribution is -2.28. The topological polar surface area (TPSA) is 48.0 Å². The predicted octanol–water partition coefficient (Wildman–Crippen LogP) is 0.800. The highest BCUT2D eigenvalue weighted by atomic mass is 16.3. The van der Waals surface area contributed by atoms with Gasteiger partial charge in [0.25, 0.3) is 0 Å². The van der Waals surface area contributed by atoms with Crippen LogP contribution in [0.15, 0.2) is 18.3 Å². The van der Waals surface area contributed by atoms with Crippen molar-refractivity contribution in [3.8, 4) is 0 Å². The molecule has 2 unspecified atom stereocenters. The van der Waals surface area contributed by atoms with E-state index < -0.39 is 0 Å². The molecule has 1 fully saturated rings. The van der Waals surface area contributed by atoms with Gasteiger partial charge in [-0.25, -0.2) is 0 Å². The van der Waals surface area contributed by atoms with E-state index >= 15 is 0 Å². The third-order valence-corrected chi connectivity index (χ3v) is 2.42. The number of aliphatic hydroxyl groups is 1. The Balaban J connectivity index is 2.04. The first kappa shape index (κ1) is 7.83. The standard InChI is InChI=1S/C9H14N2O/c12-9(7-3-1-5-10-7)8-4-2-6-11-8/h1,3,5,8-12H,2,4,6H2. The number of aromatic amines is 1. The molecule has 0 amide bonds.